The van der Waals surface area contributed by atoms with Crippen LogP contribution in [0.15, 0.2) is 60.8 Å². The first-order chi connectivity index (χ1) is 21.2. The van der Waals surface area contributed by atoms with Gasteiger partial charge in [-0.3, -0.25) is 14.4 Å². The molecule has 45 heavy (non-hydrogen) atoms. The normalized spacial score (nSPS) is 13.5. The van der Waals surface area contributed by atoms with Crippen molar-refractivity contribution in [2.75, 3.05) is 26.2 Å². The fourth-order valence-electron chi connectivity index (χ4n) is 5.17. The van der Waals surface area contributed by atoms with Gasteiger partial charge >= 0.3 is 0 Å². The minimum absolute atomic E-state index is 0.0253. The number of rotatable bonds is 14. The minimum atomic E-state index is -0.989. The van der Waals surface area contributed by atoms with Gasteiger partial charge in [0.15, 0.2) is 0 Å². The average molecular weight is 627 g/mol. The minimum Gasteiger partial charge on any atom is -0.387 e. The summed E-state index contributed by atoms with van der Waals surface area (Å²) in [6.45, 7) is 7.28. The number of nitrogens with two attached hydrogens (primary N) is 2. The number of halogens is 2. The Bertz CT molecular complexity index is 1460. The summed E-state index contributed by atoms with van der Waals surface area (Å²) < 4.78 is 31.0. The molecule has 3 amide bonds. The highest BCUT2D eigenvalue weighted by molar-refractivity contribution is 5.82. The molecular weight excluding hydrogens is 582 g/mol. The maximum atomic E-state index is 14.9. The van der Waals surface area contributed by atoms with Crippen LogP contribution in [0.4, 0.5) is 8.78 Å². The van der Waals surface area contributed by atoms with E-state index in [-0.39, 0.29) is 37.5 Å². The zero-order valence-corrected chi connectivity index (χ0v) is 26.2. The second-order valence-electron chi connectivity index (χ2n) is 12.2. The first kappa shape index (κ1) is 35.4. The van der Waals surface area contributed by atoms with Crippen LogP contribution in [0.1, 0.15) is 51.4 Å². The summed E-state index contributed by atoms with van der Waals surface area (Å²) in [7, 11) is 0. The van der Waals surface area contributed by atoms with Crippen LogP contribution in [0, 0.1) is 17.0 Å². The Balaban J connectivity index is 1.94. The molecule has 3 aromatic rings. The maximum absolute atomic E-state index is 14.9. The Morgan fingerprint density at radius 3 is 2.22 bits per heavy atom. The summed E-state index contributed by atoms with van der Waals surface area (Å²) in [6.07, 6.45) is 1.80. The van der Waals surface area contributed by atoms with Gasteiger partial charge in [-0.15, -0.1) is 0 Å². The quantitative estimate of drug-likeness (QED) is 0.173. The summed E-state index contributed by atoms with van der Waals surface area (Å²) in [5, 5.41) is 15.2. The van der Waals surface area contributed by atoms with E-state index in [2.05, 4.69) is 10.6 Å². The third-order valence-electron chi connectivity index (χ3n) is 7.39. The topological polar surface area (TPSA) is 156 Å². The van der Waals surface area contributed by atoms with Crippen molar-refractivity contribution in [2.24, 2.45) is 16.9 Å². The van der Waals surface area contributed by atoms with E-state index < -0.39 is 53.6 Å². The molecule has 7 N–H and O–H groups in total. The molecule has 3 atom stereocenters. The fraction of sp³-hybridized carbons (Fsp3) is 0.424. The lowest BCUT2D eigenvalue weighted by molar-refractivity contribution is -0.140. The largest absolute Gasteiger partial charge is 0.387 e. The lowest BCUT2D eigenvalue weighted by atomic mass is 9.82. The molecule has 3 rings (SSSR count). The molecule has 1 aromatic heterocycles. The van der Waals surface area contributed by atoms with E-state index in [9.17, 15) is 28.3 Å². The van der Waals surface area contributed by atoms with Crippen molar-refractivity contribution < 1.29 is 28.3 Å². The van der Waals surface area contributed by atoms with Crippen molar-refractivity contribution in [1.29, 1.82) is 0 Å². The van der Waals surface area contributed by atoms with Gasteiger partial charge in [0.2, 0.25) is 17.7 Å². The summed E-state index contributed by atoms with van der Waals surface area (Å²) >= 11 is 0. The second kappa shape index (κ2) is 15.7. The van der Waals surface area contributed by atoms with Gasteiger partial charge in [0.25, 0.3) is 0 Å². The molecule has 1 heterocycles. The molecule has 10 nitrogen and oxygen atoms in total. The van der Waals surface area contributed by atoms with Gasteiger partial charge in [-0.2, -0.15) is 0 Å². The number of aliphatic hydroxyl groups excluding tert-OH is 1. The Kier molecular flexibility index (Phi) is 12.4. The number of nitrogens with zero attached hydrogens (tertiary/aromatic N) is 2. The first-order valence-corrected chi connectivity index (χ1v) is 14.9. The summed E-state index contributed by atoms with van der Waals surface area (Å²) in [5.74, 6) is -2.57. The van der Waals surface area contributed by atoms with Crippen LogP contribution in [0.3, 0.4) is 0 Å². The number of aromatic nitrogens is 1. The molecular formula is C33H44F2N6O4. The predicted molar refractivity (Wildman–Crippen MR) is 169 cm³/mol. The maximum Gasteiger partial charge on any atom is 0.248 e. The number of aliphatic hydroxyl groups is 1. The van der Waals surface area contributed by atoms with Gasteiger partial charge in [0.05, 0.1) is 18.1 Å². The van der Waals surface area contributed by atoms with Gasteiger partial charge in [-0.25, -0.2) is 8.78 Å². The zero-order chi connectivity index (χ0) is 33.3. The Morgan fingerprint density at radius 2 is 1.62 bits per heavy atom. The lowest BCUT2D eigenvalue weighted by Gasteiger charge is -2.41. The number of hydrogen-bond donors (Lipinski definition) is 5. The van der Waals surface area contributed by atoms with Crippen LogP contribution in [0.5, 0.6) is 0 Å². The van der Waals surface area contributed by atoms with E-state index in [1.165, 1.54) is 4.90 Å². The fourth-order valence-corrected chi connectivity index (χ4v) is 5.17. The smallest absolute Gasteiger partial charge is 0.248 e. The van der Waals surface area contributed by atoms with Crippen LogP contribution in [-0.2, 0) is 20.9 Å². The highest BCUT2D eigenvalue weighted by Crippen LogP contribution is 2.41. The van der Waals surface area contributed by atoms with Gasteiger partial charge in [0.1, 0.15) is 18.2 Å². The van der Waals surface area contributed by atoms with Gasteiger partial charge in [-0.05, 0) is 48.6 Å². The van der Waals surface area contributed by atoms with E-state index in [0.717, 1.165) is 23.8 Å². The van der Waals surface area contributed by atoms with Gasteiger partial charge in [-0.1, -0.05) is 51.1 Å². The van der Waals surface area contributed by atoms with E-state index in [4.69, 9.17) is 11.5 Å². The molecule has 2 aromatic carbocycles. The molecule has 0 fully saturated rings. The molecule has 244 valence electrons. The number of amides is 3. The molecule has 0 saturated carbocycles. The molecule has 0 bridgehead atoms. The van der Waals surface area contributed by atoms with Crippen LogP contribution >= 0.6 is 0 Å². The number of benzene rings is 2. The van der Waals surface area contributed by atoms with Crippen molar-refractivity contribution >= 4 is 17.7 Å². The standard InChI is InChI=1S/C33H44F2N6O4/c1-21(36)31(44)38-13-14-39-32(45)27(37)12-15-41(29(43)20-42)30(33(2,3)4)28-16-23(25-17-24(34)10-11-26(25)35)19-40(28)18-22-8-6-5-7-9-22/h5-11,16-17,19,21,27,30,42H,12-15,18,20,36-37H2,1-4H3,(H,38,44)(H,39,45)/t21-,27+,30+/m1/s1. The Hall–Kier alpha value is -4.13. The average Bonchev–Trinajstić information content (AvgIpc) is 3.39. The number of hydrogen-bond acceptors (Lipinski definition) is 6. The second-order valence-corrected chi connectivity index (χ2v) is 12.2. The van der Waals surface area contributed by atoms with E-state index in [1.54, 1.807) is 19.2 Å². The van der Waals surface area contributed by atoms with Crippen molar-refractivity contribution in [3.05, 3.63) is 83.7 Å². The highest BCUT2D eigenvalue weighted by Gasteiger charge is 2.37. The molecule has 0 aliphatic carbocycles. The van der Waals surface area contributed by atoms with E-state index in [0.29, 0.717) is 17.8 Å². The lowest BCUT2D eigenvalue weighted by Crippen LogP contribution is -2.48. The van der Waals surface area contributed by atoms with Gasteiger partial charge in [0, 0.05) is 49.2 Å². The van der Waals surface area contributed by atoms with Crippen LogP contribution in [0.2, 0.25) is 0 Å². The summed E-state index contributed by atoms with van der Waals surface area (Å²) in [4.78, 5) is 39.1. The molecule has 0 radical (unpaired) electrons. The van der Waals surface area contributed by atoms with Crippen LogP contribution < -0.4 is 22.1 Å². The Labute approximate surface area is 262 Å². The van der Waals surface area contributed by atoms with Crippen molar-refractivity contribution in [2.45, 2.75) is 58.8 Å². The predicted octanol–water partition coefficient (Wildman–Crippen LogP) is 2.69. The Morgan fingerprint density at radius 1 is 0.978 bits per heavy atom. The summed E-state index contributed by atoms with van der Waals surface area (Å²) in [5.41, 5.74) is 13.2. The molecule has 12 heteroatoms. The molecule has 0 aliphatic rings. The zero-order valence-electron chi connectivity index (χ0n) is 26.2. The highest BCUT2D eigenvalue weighted by atomic mass is 19.1. The molecule has 0 aliphatic heterocycles. The molecule has 0 spiro atoms. The van der Waals surface area contributed by atoms with Crippen molar-refractivity contribution in [1.82, 2.24) is 20.1 Å². The molecule has 0 saturated heterocycles. The third-order valence-corrected chi connectivity index (χ3v) is 7.39. The van der Waals surface area contributed by atoms with Crippen molar-refractivity contribution in [3.63, 3.8) is 0 Å². The summed E-state index contributed by atoms with van der Waals surface area (Å²) in [6, 6.07) is 12.2. The SMILES string of the molecule is C[C@@H](N)C(=O)NCCNC(=O)[C@@H](N)CCN(C(=O)CO)[C@@H](c1cc(-c2cc(F)ccc2F)cn1Cc1ccccc1)C(C)(C)C. The van der Waals surface area contributed by atoms with E-state index in [1.807, 2.05) is 55.7 Å². The molecule has 0 unspecified atom stereocenters. The van der Waals surface area contributed by atoms with E-state index >= 15 is 0 Å². The van der Waals surface area contributed by atoms with Crippen molar-refractivity contribution in [3.8, 4) is 11.1 Å². The monoisotopic (exact) mass is 626 g/mol. The number of carbonyl (C=O) groups excluding carboxylic acids is 3. The number of carbonyl (C=O) groups is 3. The van der Waals surface area contributed by atoms with Crippen LogP contribution in [-0.4, -0.2) is 70.6 Å². The first-order valence-electron chi connectivity index (χ1n) is 14.9. The number of nitrogens with one attached hydrogen (secondary N) is 2. The third kappa shape index (κ3) is 9.68. The van der Waals surface area contributed by atoms with Gasteiger partial charge < -0.3 is 36.7 Å². The van der Waals surface area contributed by atoms with Crippen LogP contribution in [0.25, 0.3) is 11.1 Å².